The number of benzene rings is 1. The average molecular weight is 404 g/mol. The number of carbonyl (C=O) groups excluding carboxylic acids is 2. The standard InChI is InChI=1S/C19H24N4O4S/c1-3-27-19(25)21-18-20-14(13-28-18)12-17(24)23-10-8-22(9-11-23)15-4-6-16(26-2)7-5-15/h4-7,13H,3,8-12H2,1-2H3,(H,20,21,25). The van der Waals surface area contributed by atoms with Crippen molar-refractivity contribution in [3.8, 4) is 5.75 Å². The van der Waals surface area contributed by atoms with Gasteiger partial charge in [0.2, 0.25) is 5.91 Å². The minimum absolute atomic E-state index is 0.0439. The Morgan fingerprint density at radius 3 is 2.54 bits per heavy atom. The Balaban J connectivity index is 1.48. The minimum atomic E-state index is -0.538. The van der Waals surface area contributed by atoms with Gasteiger partial charge in [-0.1, -0.05) is 0 Å². The highest BCUT2D eigenvalue weighted by Gasteiger charge is 2.22. The maximum atomic E-state index is 12.6. The lowest BCUT2D eigenvalue weighted by atomic mass is 10.2. The zero-order valence-corrected chi connectivity index (χ0v) is 16.8. The van der Waals surface area contributed by atoms with Crippen LogP contribution in [0.15, 0.2) is 29.6 Å². The number of thiazole rings is 1. The van der Waals surface area contributed by atoms with Crippen LogP contribution in [0.25, 0.3) is 0 Å². The zero-order chi connectivity index (χ0) is 19.9. The molecule has 0 saturated carbocycles. The van der Waals surface area contributed by atoms with Crippen LogP contribution < -0.4 is 15.0 Å². The van der Waals surface area contributed by atoms with Crippen LogP contribution >= 0.6 is 11.3 Å². The maximum absolute atomic E-state index is 12.6. The number of anilines is 2. The summed E-state index contributed by atoms with van der Waals surface area (Å²) in [6.45, 7) is 4.94. The topological polar surface area (TPSA) is 84.0 Å². The van der Waals surface area contributed by atoms with Crippen LogP contribution in [-0.2, 0) is 16.0 Å². The van der Waals surface area contributed by atoms with Crippen LogP contribution in [0.4, 0.5) is 15.6 Å². The Kier molecular flexibility index (Phi) is 6.70. The van der Waals surface area contributed by atoms with E-state index >= 15 is 0 Å². The highest BCUT2D eigenvalue weighted by molar-refractivity contribution is 7.13. The van der Waals surface area contributed by atoms with Gasteiger partial charge in [0, 0.05) is 37.2 Å². The van der Waals surface area contributed by atoms with E-state index in [1.165, 1.54) is 11.3 Å². The number of hydrogen-bond donors (Lipinski definition) is 1. The van der Waals surface area contributed by atoms with Gasteiger partial charge in [0.05, 0.1) is 25.8 Å². The van der Waals surface area contributed by atoms with Crippen molar-refractivity contribution in [3.05, 3.63) is 35.3 Å². The van der Waals surface area contributed by atoms with Crippen molar-refractivity contribution in [3.63, 3.8) is 0 Å². The third-order valence-electron chi connectivity index (χ3n) is 4.44. The molecule has 1 N–H and O–H groups in total. The molecule has 0 aliphatic carbocycles. The van der Waals surface area contributed by atoms with Gasteiger partial charge in [-0.3, -0.25) is 10.1 Å². The van der Waals surface area contributed by atoms with Crippen molar-refractivity contribution in [1.82, 2.24) is 9.88 Å². The van der Waals surface area contributed by atoms with Gasteiger partial charge in [-0.15, -0.1) is 11.3 Å². The van der Waals surface area contributed by atoms with Crippen LogP contribution in [0.1, 0.15) is 12.6 Å². The summed E-state index contributed by atoms with van der Waals surface area (Å²) in [5, 5.41) is 4.77. The minimum Gasteiger partial charge on any atom is -0.497 e. The molecule has 28 heavy (non-hydrogen) atoms. The molecule has 1 saturated heterocycles. The lowest BCUT2D eigenvalue weighted by molar-refractivity contribution is -0.130. The van der Waals surface area contributed by atoms with Gasteiger partial charge in [-0.05, 0) is 31.2 Å². The Morgan fingerprint density at radius 2 is 1.89 bits per heavy atom. The van der Waals surface area contributed by atoms with E-state index in [1.54, 1.807) is 19.4 Å². The van der Waals surface area contributed by atoms with Gasteiger partial charge in [0.15, 0.2) is 5.13 Å². The molecule has 1 aromatic carbocycles. The van der Waals surface area contributed by atoms with Crippen LogP contribution in [0.3, 0.4) is 0 Å². The lowest BCUT2D eigenvalue weighted by Gasteiger charge is -2.36. The molecule has 0 spiro atoms. The normalized spacial score (nSPS) is 13.9. The van der Waals surface area contributed by atoms with Crippen molar-refractivity contribution in [2.75, 3.05) is 50.1 Å². The SMILES string of the molecule is CCOC(=O)Nc1nc(CC(=O)N2CCN(c3ccc(OC)cc3)CC2)cs1. The second kappa shape index (κ2) is 9.41. The molecule has 2 heterocycles. The number of hydrogen-bond acceptors (Lipinski definition) is 7. The lowest BCUT2D eigenvalue weighted by Crippen LogP contribution is -2.49. The van der Waals surface area contributed by atoms with E-state index in [2.05, 4.69) is 15.2 Å². The number of nitrogens with zero attached hydrogens (tertiary/aromatic N) is 3. The molecule has 8 nitrogen and oxygen atoms in total. The van der Waals surface area contributed by atoms with E-state index in [1.807, 2.05) is 29.2 Å². The Morgan fingerprint density at radius 1 is 1.18 bits per heavy atom. The van der Waals surface area contributed by atoms with Crippen molar-refractivity contribution in [2.24, 2.45) is 0 Å². The summed E-state index contributed by atoms with van der Waals surface area (Å²) in [5.74, 6) is 0.875. The monoisotopic (exact) mass is 404 g/mol. The van der Waals surface area contributed by atoms with Gasteiger partial charge in [0.1, 0.15) is 5.75 Å². The molecule has 2 amide bonds. The first kappa shape index (κ1) is 19.9. The highest BCUT2D eigenvalue weighted by Crippen LogP contribution is 2.21. The molecule has 1 aliphatic rings. The van der Waals surface area contributed by atoms with Gasteiger partial charge in [0.25, 0.3) is 0 Å². The summed E-state index contributed by atoms with van der Waals surface area (Å²) in [6.07, 6.45) is -0.312. The molecule has 0 radical (unpaired) electrons. The fourth-order valence-electron chi connectivity index (χ4n) is 2.97. The quantitative estimate of drug-likeness (QED) is 0.797. The summed E-state index contributed by atoms with van der Waals surface area (Å²) < 4.78 is 10.0. The molecule has 0 bridgehead atoms. The summed E-state index contributed by atoms with van der Waals surface area (Å²) >= 11 is 1.28. The largest absolute Gasteiger partial charge is 0.497 e. The number of nitrogens with one attached hydrogen (secondary N) is 1. The second-order valence-corrected chi connectivity index (χ2v) is 7.09. The van der Waals surface area contributed by atoms with Crippen LogP contribution in [0, 0.1) is 0 Å². The number of ether oxygens (including phenoxy) is 2. The summed E-state index contributed by atoms with van der Waals surface area (Å²) in [7, 11) is 1.65. The van der Waals surface area contributed by atoms with E-state index in [-0.39, 0.29) is 12.3 Å². The first-order chi connectivity index (χ1) is 13.6. The number of aromatic nitrogens is 1. The number of amides is 2. The summed E-state index contributed by atoms with van der Waals surface area (Å²) in [5.41, 5.74) is 1.78. The second-order valence-electron chi connectivity index (χ2n) is 6.23. The predicted octanol–water partition coefficient (Wildman–Crippen LogP) is 2.61. The van der Waals surface area contributed by atoms with E-state index in [0.29, 0.717) is 30.5 Å². The predicted molar refractivity (Wildman–Crippen MR) is 108 cm³/mol. The Hall–Kier alpha value is -2.81. The number of piperazine rings is 1. The first-order valence-corrected chi connectivity index (χ1v) is 10.0. The number of rotatable bonds is 6. The van der Waals surface area contributed by atoms with Gasteiger partial charge >= 0.3 is 6.09 Å². The fourth-order valence-corrected chi connectivity index (χ4v) is 3.67. The molecular weight excluding hydrogens is 380 g/mol. The molecule has 1 fully saturated rings. The van der Waals surface area contributed by atoms with E-state index in [9.17, 15) is 9.59 Å². The molecule has 1 aromatic heterocycles. The number of methoxy groups -OCH3 is 1. The average Bonchev–Trinajstić information content (AvgIpc) is 3.15. The van der Waals surface area contributed by atoms with Crippen LogP contribution in [0.5, 0.6) is 5.75 Å². The van der Waals surface area contributed by atoms with Gasteiger partial charge in [-0.25, -0.2) is 9.78 Å². The molecule has 0 atom stereocenters. The highest BCUT2D eigenvalue weighted by atomic mass is 32.1. The fraction of sp³-hybridized carbons (Fsp3) is 0.421. The van der Waals surface area contributed by atoms with Crippen LogP contribution in [0.2, 0.25) is 0 Å². The van der Waals surface area contributed by atoms with Crippen molar-refractivity contribution in [2.45, 2.75) is 13.3 Å². The van der Waals surface area contributed by atoms with Crippen LogP contribution in [-0.4, -0.2) is 61.8 Å². The Labute approximate surface area is 168 Å². The smallest absolute Gasteiger partial charge is 0.413 e. The molecule has 3 rings (SSSR count). The zero-order valence-electron chi connectivity index (χ0n) is 16.0. The summed E-state index contributed by atoms with van der Waals surface area (Å²) in [4.78, 5) is 32.4. The molecule has 1 aliphatic heterocycles. The molecule has 9 heteroatoms. The molecular formula is C19H24N4O4S. The maximum Gasteiger partial charge on any atom is 0.413 e. The van der Waals surface area contributed by atoms with Gasteiger partial charge in [-0.2, -0.15) is 0 Å². The van der Waals surface area contributed by atoms with E-state index < -0.39 is 6.09 Å². The number of carbonyl (C=O) groups is 2. The third-order valence-corrected chi connectivity index (χ3v) is 5.25. The van der Waals surface area contributed by atoms with E-state index in [4.69, 9.17) is 9.47 Å². The molecule has 150 valence electrons. The third kappa shape index (κ3) is 5.13. The van der Waals surface area contributed by atoms with Crippen molar-refractivity contribution < 1.29 is 19.1 Å². The van der Waals surface area contributed by atoms with E-state index in [0.717, 1.165) is 24.5 Å². The van der Waals surface area contributed by atoms with Gasteiger partial charge < -0.3 is 19.3 Å². The Bertz CT molecular complexity index is 801. The van der Waals surface area contributed by atoms with Crippen molar-refractivity contribution >= 4 is 34.2 Å². The molecule has 2 aromatic rings. The summed E-state index contributed by atoms with van der Waals surface area (Å²) in [6, 6.07) is 7.95. The first-order valence-electron chi connectivity index (χ1n) is 9.14. The molecule has 0 unspecified atom stereocenters. The van der Waals surface area contributed by atoms with Crippen molar-refractivity contribution in [1.29, 1.82) is 0 Å².